The van der Waals surface area contributed by atoms with Crippen LogP contribution in [-0.2, 0) is 0 Å². The van der Waals surface area contributed by atoms with Gasteiger partial charge in [0.25, 0.3) is 0 Å². The van der Waals surface area contributed by atoms with Crippen LogP contribution in [-0.4, -0.2) is 13.1 Å². The van der Waals surface area contributed by atoms with Crippen molar-refractivity contribution in [2.45, 2.75) is 65.7 Å². The van der Waals surface area contributed by atoms with Crippen molar-refractivity contribution >= 4 is 0 Å². The van der Waals surface area contributed by atoms with Crippen molar-refractivity contribution in [3.8, 4) is 0 Å². The molecule has 1 saturated carbocycles. The van der Waals surface area contributed by atoms with Crippen LogP contribution < -0.4 is 5.32 Å². The van der Waals surface area contributed by atoms with Crippen LogP contribution in [0.4, 0.5) is 0 Å². The third-order valence-electron chi connectivity index (χ3n) is 4.43. The van der Waals surface area contributed by atoms with Crippen LogP contribution in [0.1, 0.15) is 65.7 Å². The number of rotatable bonds is 5. The maximum Gasteiger partial charge on any atom is 0.000760 e. The molecule has 1 nitrogen and oxygen atoms in total. The van der Waals surface area contributed by atoms with Gasteiger partial charge >= 0.3 is 0 Å². The van der Waals surface area contributed by atoms with Gasteiger partial charge in [-0.1, -0.05) is 46.5 Å². The van der Waals surface area contributed by atoms with Crippen LogP contribution in [0.25, 0.3) is 0 Å². The highest BCUT2D eigenvalue weighted by molar-refractivity contribution is 4.84. The summed E-state index contributed by atoms with van der Waals surface area (Å²) in [5.41, 5.74) is 0.542. The van der Waals surface area contributed by atoms with Crippen LogP contribution >= 0.6 is 0 Å². The smallest absolute Gasteiger partial charge is 0.000760 e. The summed E-state index contributed by atoms with van der Waals surface area (Å²) in [6.45, 7) is 9.39. The van der Waals surface area contributed by atoms with Gasteiger partial charge in [-0.2, -0.15) is 0 Å². The molecule has 15 heavy (non-hydrogen) atoms. The first-order chi connectivity index (χ1) is 7.23. The van der Waals surface area contributed by atoms with E-state index in [1.165, 1.54) is 51.5 Å². The van der Waals surface area contributed by atoms with Gasteiger partial charge < -0.3 is 5.32 Å². The van der Waals surface area contributed by atoms with E-state index >= 15 is 0 Å². The number of nitrogens with one attached hydrogen (secondary N) is 1. The average Bonchev–Trinajstić information content (AvgIpc) is 2.54. The fourth-order valence-corrected chi connectivity index (χ4v) is 2.94. The molecule has 0 radical (unpaired) electrons. The minimum absolute atomic E-state index is 0.542. The third kappa shape index (κ3) is 3.79. The molecule has 1 aliphatic carbocycles. The fourth-order valence-electron chi connectivity index (χ4n) is 2.94. The summed E-state index contributed by atoms with van der Waals surface area (Å²) in [4.78, 5) is 0. The standard InChI is InChI=1S/C14H29N/c1-4-14(3,12-15-5-2)13-10-8-6-7-9-11-13/h13,15H,4-12H2,1-3H3. The zero-order valence-corrected chi connectivity index (χ0v) is 10.9. The second-order valence-corrected chi connectivity index (χ2v) is 5.48. The summed E-state index contributed by atoms with van der Waals surface area (Å²) in [7, 11) is 0. The molecule has 0 aromatic rings. The predicted octanol–water partition coefficient (Wildman–Crippen LogP) is 3.98. The lowest BCUT2D eigenvalue weighted by molar-refractivity contribution is 0.153. The highest BCUT2D eigenvalue weighted by Gasteiger charge is 2.31. The van der Waals surface area contributed by atoms with Crippen molar-refractivity contribution in [3.63, 3.8) is 0 Å². The molecule has 1 N–H and O–H groups in total. The second-order valence-electron chi connectivity index (χ2n) is 5.48. The Hall–Kier alpha value is -0.0400. The van der Waals surface area contributed by atoms with Crippen LogP contribution in [0, 0.1) is 11.3 Å². The van der Waals surface area contributed by atoms with E-state index in [0.717, 1.165) is 12.5 Å². The van der Waals surface area contributed by atoms with E-state index in [2.05, 4.69) is 26.1 Å². The summed E-state index contributed by atoms with van der Waals surface area (Å²) in [6, 6.07) is 0. The van der Waals surface area contributed by atoms with Crippen molar-refractivity contribution in [2.75, 3.05) is 13.1 Å². The van der Waals surface area contributed by atoms with E-state index in [1.807, 2.05) is 0 Å². The van der Waals surface area contributed by atoms with Gasteiger partial charge in [0.2, 0.25) is 0 Å². The molecule has 0 spiro atoms. The molecule has 1 aliphatic rings. The Labute approximate surface area is 96.0 Å². The lowest BCUT2D eigenvalue weighted by Crippen LogP contribution is -2.37. The van der Waals surface area contributed by atoms with Crippen LogP contribution in [0.3, 0.4) is 0 Å². The topological polar surface area (TPSA) is 12.0 Å². The van der Waals surface area contributed by atoms with Gasteiger partial charge in [0.05, 0.1) is 0 Å². The molecule has 1 atom stereocenters. The van der Waals surface area contributed by atoms with Gasteiger partial charge in [0.1, 0.15) is 0 Å². The second kappa shape index (κ2) is 6.52. The molecule has 1 rings (SSSR count). The summed E-state index contributed by atoms with van der Waals surface area (Å²) in [6.07, 6.45) is 10.1. The lowest BCUT2D eigenvalue weighted by atomic mass is 9.71. The Morgan fingerprint density at radius 2 is 1.67 bits per heavy atom. The first-order valence-corrected chi connectivity index (χ1v) is 6.93. The molecule has 0 heterocycles. The first kappa shape index (κ1) is 13.0. The quantitative estimate of drug-likeness (QED) is 0.678. The van der Waals surface area contributed by atoms with Crippen LogP contribution in [0.15, 0.2) is 0 Å². The molecular weight excluding hydrogens is 182 g/mol. The Kier molecular flexibility index (Phi) is 5.66. The number of hydrogen-bond acceptors (Lipinski definition) is 1. The van der Waals surface area contributed by atoms with E-state index in [-0.39, 0.29) is 0 Å². The Morgan fingerprint density at radius 1 is 1.07 bits per heavy atom. The molecule has 0 aromatic carbocycles. The Bertz CT molecular complexity index is 159. The molecule has 0 aliphatic heterocycles. The van der Waals surface area contributed by atoms with Crippen molar-refractivity contribution in [1.29, 1.82) is 0 Å². The minimum atomic E-state index is 0.542. The maximum absolute atomic E-state index is 3.56. The zero-order chi connectivity index (χ0) is 11.1. The normalized spacial score (nSPS) is 23.4. The van der Waals surface area contributed by atoms with Gasteiger partial charge in [-0.3, -0.25) is 0 Å². The van der Waals surface area contributed by atoms with Gasteiger partial charge in [0, 0.05) is 6.54 Å². The lowest BCUT2D eigenvalue weighted by Gasteiger charge is -2.37. The van der Waals surface area contributed by atoms with E-state index in [4.69, 9.17) is 0 Å². The van der Waals surface area contributed by atoms with Gasteiger partial charge in [-0.15, -0.1) is 0 Å². The zero-order valence-electron chi connectivity index (χ0n) is 10.9. The van der Waals surface area contributed by atoms with Crippen molar-refractivity contribution in [2.24, 2.45) is 11.3 Å². The third-order valence-corrected chi connectivity index (χ3v) is 4.43. The monoisotopic (exact) mass is 211 g/mol. The van der Waals surface area contributed by atoms with E-state index in [1.54, 1.807) is 0 Å². The highest BCUT2D eigenvalue weighted by Crippen LogP contribution is 2.39. The first-order valence-electron chi connectivity index (χ1n) is 6.93. The maximum atomic E-state index is 3.56. The Morgan fingerprint density at radius 3 is 2.13 bits per heavy atom. The molecule has 0 aromatic heterocycles. The average molecular weight is 211 g/mol. The largest absolute Gasteiger partial charge is 0.316 e. The summed E-state index contributed by atoms with van der Waals surface area (Å²) < 4.78 is 0. The summed E-state index contributed by atoms with van der Waals surface area (Å²) in [5, 5.41) is 3.56. The van der Waals surface area contributed by atoms with Gasteiger partial charge in [-0.25, -0.2) is 0 Å². The summed E-state index contributed by atoms with van der Waals surface area (Å²) in [5.74, 6) is 0.962. The molecular formula is C14H29N. The van der Waals surface area contributed by atoms with Crippen molar-refractivity contribution in [3.05, 3.63) is 0 Å². The highest BCUT2D eigenvalue weighted by atomic mass is 14.9. The van der Waals surface area contributed by atoms with E-state index in [9.17, 15) is 0 Å². The van der Waals surface area contributed by atoms with Crippen molar-refractivity contribution < 1.29 is 0 Å². The van der Waals surface area contributed by atoms with E-state index in [0.29, 0.717) is 5.41 Å². The molecule has 1 heteroatoms. The minimum Gasteiger partial charge on any atom is -0.316 e. The number of hydrogen-bond donors (Lipinski definition) is 1. The van der Waals surface area contributed by atoms with Crippen molar-refractivity contribution in [1.82, 2.24) is 5.32 Å². The molecule has 1 fully saturated rings. The van der Waals surface area contributed by atoms with Crippen LogP contribution in [0.2, 0.25) is 0 Å². The Balaban J connectivity index is 2.52. The molecule has 0 saturated heterocycles. The van der Waals surface area contributed by atoms with E-state index < -0.39 is 0 Å². The SMILES string of the molecule is CCNCC(C)(CC)C1CCCCCC1. The van der Waals surface area contributed by atoms with Gasteiger partial charge in [0.15, 0.2) is 0 Å². The van der Waals surface area contributed by atoms with Crippen LogP contribution in [0.5, 0.6) is 0 Å². The van der Waals surface area contributed by atoms with Gasteiger partial charge in [-0.05, 0) is 37.1 Å². The summed E-state index contributed by atoms with van der Waals surface area (Å²) >= 11 is 0. The molecule has 1 unspecified atom stereocenters. The predicted molar refractivity (Wildman–Crippen MR) is 68.1 cm³/mol. The fraction of sp³-hybridized carbons (Fsp3) is 1.00. The molecule has 90 valence electrons. The molecule has 0 bridgehead atoms. The molecule has 0 amide bonds.